The van der Waals surface area contributed by atoms with Crippen molar-refractivity contribution >= 4 is 23.4 Å². The summed E-state index contributed by atoms with van der Waals surface area (Å²) in [7, 11) is 1.88. The Morgan fingerprint density at radius 2 is 1.90 bits per heavy atom. The molecular formula is C16H17ClFNS. The number of hydrogen-bond acceptors (Lipinski definition) is 2. The third-order valence-corrected chi connectivity index (χ3v) is 4.43. The van der Waals surface area contributed by atoms with Crippen LogP contribution in [0.1, 0.15) is 17.2 Å². The molecule has 2 rings (SSSR count). The molecule has 0 aliphatic heterocycles. The zero-order valence-corrected chi connectivity index (χ0v) is 13.1. The Bertz CT molecular complexity index is 551. The van der Waals surface area contributed by atoms with E-state index in [4.69, 9.17) is 11.6 Å². The third kappa shape index (κ3) is 3.54. The molecular weight excluding hydrogens is 293 g/mol. The van der Waals surface area contributed by atoms with E-state index in [-0.39, 0.29) is 11.9 Å². The van der Waals surface area contributed by atoms with Crippen LogP contribution in [0.3, 0.4) is 0 Å². The van der Waals surface area contributed by atoms with Crippen LogP contribution in [0.5, 0.6) is 0 Å². The molecule has 1 nitrogen and oxygen atoms in total. The Balaban J connectivity index is 2.24. The molecule has 0 aliphatic carbocycles. The molecule has 0 fully saturated rings. The molecule has 2 aromatic carbocycles. The highest BCUT2D eigenvalue weighted by Gasteiger charge is 2.15. The molecule has 0 saturated carbocycles. The van der Waals surface area contributed by atoms with Crippen molar-refractivity contribution in [3.8, 4) is 0 Å². The van der Waals surface area contributed by atoms with E-state index in [2.05, 4.69) is 29.6 Å². The van der Waals surface area contributed by atoms with Crippen molar-refractivity contribution in [1.82, 2.24) is 5.32 Å². The molecule has 106 valence electrons. The van der Waals surface area contributed by atoms with Gasteiger partial charge in [-0.05, 0) is 49.6 Å². The first-order chi connectivity index (χ1) is 9.65. The van der Waals surface area contributed by atoms with Crippen LogP contribution in [0.15, 0.2) is 47.4 Å². The fourth-order valence-corrected chi connectivity index (χ4v) is 2.80. The molecule has 1 atom stereocenters. The maximum Gasteiger partial charge on any atom is 0.127 e. The predicted molar refractivity (Wildman–Crippen MR) is 85.1 cm³/mol. The number of hydrogen-bond donors (Lipinski definition) is 1. The summed E-state index contributed by atoms with van der Waals surface area (Å²) in [6.45, 7) is 0. The summed E-state index contributed by atoms with van der Waals surface area (Å²) in [5, 5.41) is 3.70. The molecule has 2 aromatic rings. The highest BCUT2D eigenvalue weighted by molar-refractivity contribution is 7.98. The summed E-state index contributed by atoms with van der Waals surface area (Å²) in [6.07, 6.45) is 2.57. The predicted octanol–water partition coefficient (Wildman–Crippen LogP) is 4.70. The van der Waals surface area contributed by atoms with Gasteiger partial charge in [0, 0.05) is 21.5 Å². The van der Waals surface area contributed by atoms with E-state index in [1.807, 2.05) is 13.3 Å². The highest BCUT2D eigenvalue weighted by atomic mass is 35.5. The summed E-state index contributed by atoms with van der Waals surface area (Å²) in [4.78, 5) is 1.22. The fraction of sp³-hybridized carbons (Fsp3) is 0.250. The van der Waals surface area contributed by atoms with Crippen LogP contribution in [-0.2, 0) is 6.42 Å². The van der Waals surface area contributed by atoms with Gasteiger partial charge in [0.1, 0.15) is 5.82 Å². The number of halogens is 2. The molecule has 0 spiro atoms. The average molecular weight is 310 g/mol. The quantitative estimate of drug-likeness (QED) is 0.803. The summed E-state index contributed by atoms with van der Waals surface area (Å²) in [6, 6.07) is 13.1. The molecule has 0 heterocycles. The lowest BCUT2D eigenvalue weighted by Gasteiger charge is -2.18. The van der Waals surface area contributed by atoms with Crippen molar-refractivity contribution in [2.24, 2.45) is 0 Å². The maximum absolute atomic E-state index is 13.9. The van der Waals surface area contributed by atoms with Crippen molar-refractivity contribution in [2.45, 2.75) is 17.4 Å². The molecule has 1 unspecified atom stereocenters. The van der Waals surface area contributed by atoms with Crippen LogP contribution in [0.2, 0.25) is 5.02 Å². The third-order valence-electron chi connectivity index (χ3n) is 3.34. The molecule has 1 N–H and O–H groups in total. The van der Waals surface area contributed by atoms with Crippen molar-refractivity contribution in [3.63, 3.8) is 0 Å². The lowest BCUT2D eigenvalue weighted by molar-refractivity contribution is 0.554. The van der Waals surface area contributed by atoms with Crippen LogP contribution in [0, 0.1) is 5.82 Å². The van der Waals surface area contributed by atoms with Crippen LogP contribution in [0.4, 0.5) is 4.39 Å². The average Bonchev–Trinajstić information content (AvgIpc) is 2.47. The van der Waals surface area contributed by atoms with E-state index in [9.17, 15) is 4.39 Å². The SMILES string of the molecule is CNC(Cc1c(F)cccc1Cl)c1ccc(SC)cc1. The van der Waals surface area contributed by atoms with Crippen LogP contribution < -0.4 is 5.32 Å². The van der Waals surface area contributed by atoms with E-state index in [1.165, 1.54) is 11.0 Å². The molecule has 0 saturated heterocycles. The minimum absolute atomic E-state index is 0.0420. The minimum Gasteiger partial charge on any atom is -0.313 e. The topological polar surface area (TPSA) is 12.0 Å². The van der Waals surface area contributed by atoms with Crippen LogP contribution >= 0.6 is 23.4 Å². The highest BCUT2D eigenvalue weighted by Crippen LogP contribution is 2.26. The van der Waals surface area contributed by atoms with Gasteiger partial charge in [-0.3, -0.25) is 0 Å². The maximum atomic E-state index is 13.9. The van der Waals surface area contributed by atoms with Crippen molar-refractivity contribution in [2.75, 3.05) is 13.3 Å². The second kappa shape index (κ2) is 7.11. The van der Waals surface area contributed by atoms with Crippen LogP contribution in [0.25, 0.3) is 0 Å². The van der Waals surface area contributed by atoms with Gasteiger partial charge in [0.15, 0.2) is 0 Å². The van der Waals surface area contributed by atoms with E-state index >= 15 is 0 Å². The van der Waals surface area contributed by atoms with Gasteiger partial charge in [0.05, 0.1) is 0 Å². The Kier molecular flexibility index (Phi) is 5.46. The molecule has 0 bridgehead atoms. The lowest BCUT2D eigenvalue weighted by Crippen LogP contribution is -2.19. The van der Waals surface area contributed by atoms with E-state index < -0.39 is 0 Å². The summed E-state index contributed by atoms with van der Waals surface area (Å²) in [5.41, 5.74) is 1.69. The van der Waals surface area contributed by atoms with Gasteiger partial charge in [-0.2, -0.15) is 0 Å². The van der Waals surface area contributed by atoms with Gasteiger partial charge in [-0.25, -0.2) is 4.39 Å². The normalized spacial score (nSPS) is 12.4. The molecule has 0 aromatic heterocycles. The zero-order valence-electron chi connectivity index (χ0n) is 11.5. The van der Waals surface area contributed by atoms with Gasteiger partial charge in [-0.15, -0.1) is 11.8 Å². The minimum atomic E-state index is -0.251. The fourth-order valence-electron chi connectivity index (χ4n) is 2.15. The number of likely N-dealkylation sites (N-methyl/N-ethyl adjacent to an activating group) is 1. The largest absolute Gasteiger partial charge is 0.313 e. The van der Waals surface area contributed by atoms with Gasteiger partial charge in [0.2, 0.25) is 0 Å². The second-order valence-corrected chi connectivity index (χ2v) is 5.81. The van der Waals surface area contributed by atoms with Crippen molar-refractivity contribution in [3.05, 3.63) is 64.4 Å². The van der Waals surface area contributed by atoms with Gasteiger partial charge < -0.3 is 5.32 Å². The Labute approximate surface area is 128 Å². The van der Waals surface area contributed by atoms with Crippen LogP contribution in [-0.4, -0.2) is 13.3 Å². The monoisotopic (exact) mass is 309 g/mol. The first kappa shape index (κ1) is 15.4. The molecule has 0 radical (unpaired) electrons. The van der Waals surface area contributed by atoms with Gasteiger partial charge >= 0.3 is 0 Å². The summed E-state index contributed by atoms with van der Waals surface area (Å²) < 4.78 is 13.9. The number of nitrogens with one attached hydrogen (secondary N) is 1. The second-order valence-electron chi connectivity index (χ2n) is 4.52. The Hall–Kier alpha value is -1.03. The number of thioether (sulfide) groups is 1. The first-order valence-corrected chi connectivity index (χ1v) is 8.00. The molecule has 20 heavy (non-hydrogen) atoms. The molecule has 4 heteroatoms. The molecule has 0 aliphatic rings. The summed E-state index contributed by atoms with van der Waals surface area (Å²) >= 11 is 7.80. The standard InChI is InChI=1S/C16H17ClFNS/c1-19-16(11-6-8-12(20-2)9-7-11)10-13-14(17)4-3-5-15(13)18/h3-9,16,19H,10H2,1-2H3. The van der Waals surface area contributed by atoms with E-state index in [0.717, 1.165) is 5.56 Å². The van der Waals surface area contributed by atoms with E-state index in [0.29, 0.717) is 17.0 Å². The number of rotatable bonds is 5. The Morgan fingerprint density at radius 1 is 1.20 bits per heavy atom. The first-order valence-electron chi connectivity index (χ1n) is 6.39. The smallest absolute Gasteiger partial charge is 0.127 e. The van der Waals surface area contributed by atoms with Gasteiger partial charge in [-0.1, -0.05) is 29.8 Å². The molecule has 0 amide bonds. The number of benzene rings is 2. The Morgan fingerprint density at radius 3 is 2.45 bits per heavy atom. The van der Waals surface area contributed by atoms with E-state index in [1.54, 1.807) is 23.9 Å². The van der Waals surface area contributed by atoms with Crippen molar-refractivity contribution < 1.29 is 4.39 Å². The zero-order chi connectivity index (χ0) is 14.5. The lowest BCUT2D eigenvalue weighted by atomic mass is 9.98. The van der Waals surface area contributed by atoms with Gasteiger partial charge in [0.25, 0.3) is 0 Å². The van der Waals surface area contributed by atoms with Crippen molar-refractivity contribution in [1.29, 1.82) is 0 Å². The summed E-state index contributed by atoms with van der Waals surface area (Å²) in [5.74, 6) is -0.251.